The number of rotatable bonds is 8. The highest BCUT2D eigenvalue weighted by molar-refractivity contribution is 7.09. The quantitative estimate of drug-likeness (QED) is 0.640. The lowest BCUT2D eigenvalue weighted by Gasteiger charge is -2.07. The van der Waals surface area contributed by atoms with Crippen molar-refractivity contribution >= 4 is 23.3 Å². The number of amides is 2. The van der Waals surface area contributed by atoms with Gasteiger partial charge in [-0.25, -0.2) is 14.6 Å². The molecule has 0 radical (unpaired) electrons. The van der Waals surface area contributed by atoms with Gasteiger partial charge in [0, 0.05) is 24.2 Å². The van der Waals surface area contributed by atoms with Crippen molar-refractivity contribution in [3.05, 3.63) is 51.5 Å². The van der Waals surface area contributed by atoms with Crippen LogP contribution in [-0.2, 0) is 13.0 Å². The van der Waals surface area contributed by atoms with Crippen molar-refractivity contribution in [1.82, 2.24) is 15.6 Å². The second-order valence-electron chi connectivity index (χ2n) is 5.45. The van der Waals surface area contributed by atoms with E-state index in [0.717, 1.165) is 35.5 Å². The first-order valence-corrected chi connectivity index (χ1v) is 8.67. The molecule has 128 valence electrons. The van der Waals surface area contributed by atoms with Crippen LogP contribution in [0.5, 0.6) is 0 Å². The van der Waals surface area contributed by atoms with Gasteiger partial charge in [0.2, 0.25) is 0 Å². The number of aromatic nitrogens is 1. The van der Waals surface area contributed by atoms with E-state index in [1.165, 1.54) is 12.1 Å². The van der Waals surface area contributed by atoms with Crippen LogP contribution in [0.2, 0.25) is 0 Å². The fourth-order valence-corrected chi connectivity index (χ4v) is 2.95. The van der Waals surface area contributed by atoms with Gasteiger partial charge in [0.1, 0.15) is 0 Å². The molecule has 2 aromatic rings. The maximum atomic E-state index is 11.7. The molecule has 0 aliphatic rings. The van der Waals surface area contributed by atoms with E-state index < -0.39 is 5.97 Å². The van der Waals surface area contributed by atoms with Crippen molar-refractivity contribution in [3.8, 4) is 0 Å². The van der Waals surface area contributed by atoms with Crippen molar-refractivity contribution in [2.45, 2.75) is 32.7 Å². The lowest BCUT2D eigenvalue weighted by molar-refractivity contribution is 0.0697. The molecule has 0 bridgehead atoms. The fraction of sp³-hybridized carbons (Fsp3) is 0.353. The Morgan fingerprint density at radius 3 is 2.54 bits per heavy atom. The number of unbranched alkanes of at least 4 members (excludes halogenated alkanes) is 1. The zero-order valence-electron chi connectivity index (χ0n) is 13.5. The SMILES string of the molecule is Cc1csc(CCCCNC(=O)NCc2ccc(C(=O)O)cc2)n1. The Morgan fingerprint density at radius 2 is 1.92 bits per heavy atom. The molecule has 0 spiro atoms. The first-order chi connectivity index (χ1) is 11.5. The number of hydrogen-bond acceptors (Lipinski definition) is 4. The zero-order valence-corrected chi connectivity index (χ0v) is 14.4. The number of nitrogens with zero attached hydrogens (tertiary/aromatic N) is 1. The summed E-state index contributed by atoms with van der Waals surface area (Å²) in [6.45, 7) is 2.97. The highest BCUT2D eigenvalue weighted by atomic mass is 32.1. The molecule has 0 saturated carbocycles. The molecule has 6 nitrogen and oxygen atoms in total. The second-order valence-corrected chi connectivity index (χ2v) is 6.39. The Labute approximate surface area is 144 Å². The predicted molar refractivity (Wildman–Crippen MR) is 93.4 cm³/mol. The summed E-state index contributed by atoms with van der Waals surface area (Å²) < 4.78 is 0. The summed E-state index contributed by atoms with van der Waals surface area (Å²) in [7, 11) is 0. The van der Waals surface area contributed by atoms with Crippen LogP contribution in [0.3, 0.4) is 0 Å². The third-order valence-electron chi connectivity index (χ3n) is 3.42. The number of nitrogens with one attached hydrogen (secondary N) is 2. The molecule has 0 fully saturated rings. The molecule has 2 amide bonds. The molecule has 3 N–H and O–H groups in total. The summed E-state index contributed by atoms with van der Waals surface area (Å²) in [6, 6.07) is 6.22. The lowest BCUT2D eigenvalue weighted by atomic mass is 10.1. The number of hydrogen-bond donors (Lipinski definition) is 3. The highest BCUT2D eigenvalue weighted by Crippen LogP contribution is 2.11. The molecular formula is C17H21N3O3S. The number of thiazole rings is 1. The van der Waals surface area contributed by atoms with Gasteiger partial charge in [0.15, 0.2) is 0 Å². The molecule has 0 atom stereocenters. The van der Waals surface area contributed by atoms with Crippen LogP contribution >= 0.6 is 11.3 Å². The van der Waals surface area contributed by atoms with Crippen LogP contribution < -0.4 is 10.6 Å². The number of carboxylic acid groups (broad SMARTS) is 1. The van der Waals surface area contributed by atoms with Crippen LogP contribution in [0.25, 0.3) is 0 Å². The Bertz CT molecular complexity index is 683. The summed E-state index contributed by atoms with van der Waals surface area (Å²) >= 11 is 1.67. The van der Waals surface area contributed by atoms with Gasteiger partial charge in [-0.1, -0.05) is 12.1 Å². The number of aryl methyl sites for hydroxylation is 2. The van der Waals surface area contributed by atoms with Crippen LogP contribution in [-0.4, -0.2) is 28.6 Å². The summed E-state index contributed by atoms with van der Waals surface area (Å²) in [5.74, 6) is -0.958. The van der Waals surface area contributed by atoms with E-state index in [2.05, 4.69) is 15.6 Å². The minimum absolute atomic E-state index is 0.220. The minimum atomic E-state index is -0.958. The number of urea groups is 1. The van der Waals surface area contributed by atoms with E-state index in [9.17, 15) is 9.59 Å². The summed E-state index contributed by atoms with van der Waals surface area (Å²) in [5.41, 5.74) is 2.15. The van der Waals surface area contributed by atoms with Crippen LogP contribution in [0.1, 0.15) is 39.5 Å². The Kier molecular flexibility index (Phi) is 6.74. The molecule has 0 aliphatic heterocycles. The lowest BCUT2D eigenvalue weighted by Crippen LogP contribution is -2.35. The first-order valence-electron chi connectivity index (χ1n) is 7.79. The monoisotopic (exact) mass is 347 g/mol. The third kappa shape index (κ3) is 6.00. The zero-order chi connectivity index (χ0) is 17.4. The molecule has 1 aromatic carbocycles. The molecule has 1 heterocycles. The molecule has 24 heavy (non-hydrogen) atoms. The van der Waals surface area contributed by atoms with Crippen molar-refractivity contribution in [3.63, 3.8) is 0 Å². The number of aromatic carboxylic acids is 1. The van der Waals surface area contributed by atoms with Crippen LogP contribution in [0, 0.1) is 6.92 Å². The molecule has 2 rings (SSSR count). The topological polar surface area (TPSA) is 91.3 Å². The van der Waals surface area contributed by atoms with E-state index in [1.54, 1.807) is 23.5 Å². The number of carboxylic acids is 1. The van der Waals surface area contributed by atoms with E-state index in [1.807, 2.05) is 12.3 Å². The average Bonchev–Trinajstić information content (AvgIpc) is 2.98. The van der Waals surface area contributed by atoms with Gasteiger partial charge in [-0.05, 0) is 43.9 Å². The minimum Gasteiger partial charge on any atom is -0.478 e. The van der Waals surface area contributed by atoms with Gasteiger partial charge in [-0.2, -0.15) is 0 Å². The summed E-state index contributed by atoms with van der Waals surface area (Å²) in [4.78, 5) is 26.9. The maximum absolute atomic E-state index is 11.7. The average molecular weight is 347 g/mol. The van der Waals surface area contributed by atoms with Gasteiger partial charge < -0.3 is 15.7 Å². The highest BCUT2D eigenvalue weighted by Gasteiger charge is 2.04. The van der Waals surface area contributed by atoms with Crippen LogP contribution in [0.15, 0.2) is 29.6 Å². The Morgan fingerprint density at radius 1 is 1.17 bits per heavy atom. The van der Waals surface area contributed by atoms with Gasteiger partial charge >= 0.3 is 12.0 Å². The van der Waals surface area contributed by atoms with Gasteiger partial charge in [-0.3, -0.25) is 0 Å². The standard InChI is InChI=1S/C17H21N3O3S/c1-12-11-24-15(20-12)4-2-3-9-18-17(23)19-10-13-5-7-14(8-6-13)16(21)22/h5-8,11H,2-4,9-10H2,1H3,(H,21,22)(H2,18,19,23). The van der Waals surface area contributed by atoms with Crippen LogP contribution in [0.4, 0.5) is 4.79 Å². The molecular weight excluding hydrogens is 326 g/mol. The number of benzene rings is 1. The van der Waals surface area contributed by atoms with Gasteiger partial charge in [0.05, 0.1) is 10.6 Å². The predicted octanol–water partition coefficient (Wildman–Crippen LogP) is 2.97. The van der Waals surface area contributed by atoms with Crippen molar-refractivity contribution < 1.29 is 14.7 Å². The second kappa shape index (κ2) is 9.02. The molecule has 0 unspecified atom stereocenters. The third-order valence-corrected chi connectivity index (χ3v) is 4.45. The fourth-order valence-electron chi connectivity index (χ4n) is 2.13. The molecule has 0 saturated heterocycles. The van der Waals surface area contributed by atoms with E-state index in [-0.39, 0.29) is 11.6 Å². The van der Waals surface area contributed by atoms with Crippen molar-refractivity contribution in [2.75, 3.05) is 6.54 Å². The first kappa shape index (κ1) is 17.9. The van der Waals surface area contributed by atoms with Gasteiger partial charge in [0.25, 0.3) is 0 Å². The Balaban J connectivity index is 1.58. The molecule has 1 aromatic heterocycles. The Hall–Kier alpha value is -2.41. The maximum Gasteiger partial charge on any atom is 0.335 e. The van der Waals surface area contributed by atoms with Gasteiger partial charge in [-0.15, -0.1) is 11.3 Å². The molecule has 0 aliphatic carbocycles. The van der Waals surface area contributed by atoms with Crippen molar-refractivity contribution in [2.24, 2.45) is 0 Å². The summed E-state index contributed by atoms with van der Waals surface area (Å²) in [5, 5.41) is 17.6. The number of carbonyl (C=O) groups is 2. The normalized spacial score (nSPS) is 10.4. The van der Waals surface area contributed by atoms with E-state index in [4.69, 9.17) is 5.11 Å². The number of carbonyl (C=O) groups excluding carboxylic acids is 1. The van der Waals surface area contributed by atoms with E-state index >= 15 is 0 Å². The smallest absolute Gasteiger partial charge is 0.335 e. The van der Waals surface area contributed by atoms with Crippen molar-refractivity contribution in [1.29, 1.82) is 0 Å². The van der Waals surface area contributed by atoms with E-state index in [0.29, 0.717) is 13.1 Å². The molecule has 7 heteroatoms. The largest absolute Gasteiger partial charge is 0.478 e. The summed E-state index contributed by atoms with van der Waals surface area (Å²) in [6.07, 6.45) is 2.83.